The number of hydrogen-bond donors (Lipinski definition) is 1. The number of piperazine rings is 1. The summed E-state index contributed by atoms with van der Waals surface area (Å²) in [7, 11) is 0. The highest BCUT2D eigenvalue weighted by molar-refractivity contribution is 6.31. The van der Waals surface area contributed by atoms with E-state index in [1.807, 2.05) is 53.6 Å². The molecule has 1 fully saturated rings. The van der Waals surface area contributed by atoms with Gasteiger partial charge in [0.25, 0.3) is 0 Å². The predicted octanol–water partition coefficient (Wildman–Crippen LogP) is 5.16. The Morgan fingerprint density at radius 1 is 1.03 bits per heavy atom. The number of carbonyl (C=O) groups is 1. The Morgan fingerprint density at radius 3 is 2.41 bits per heavy atom. The van der Waals surface area contributed by atoms with Crippen LogP contribution in [0.2, 0.25) is 10.0 Å². The van der Waals surface area contributed by atoms with Crippen molar-refractivity contribution in [3.63, 3.8) is 0 Å². The van der Waals surface area contributed by atoms with Crippen LogP contribution in [0.3, 0.4) is 0 Å². The summed E-state index contributed by atoms with van der Waals surface area (Å²) in [6.45, 7) is 6.66. The second kappa shape index (κ2) is 8.78. The summed E-state index contributed by atoms with van der Waals surface area (Å²) in [5, 5.41) is 2.44. The van der Waals surface area contributed by atoms with Gasteiger partial charge in [-0.3, -0.25) is 4.79 Å². The lowest BCUT2D eigenvalue weighted by Gasteiger charge is -2.34. The molecule has 1 amide bonds. The van der Waals surface area contributed by atoms with Crippen molar-refractivity contribution in [3.8, 4) is 0 Å². The fourth-order valence-corrected chi connectivity index (χ4v) is 4.42. The smallest absolute Gasteiger partial charge is 0.223 e. The zero-order chi connectivity index (χ0) is 20.4. The van der Waals surface area contributed by atoms with Gasteiger partial charge in [0.1, 0.15) is 0 Å². The molecule has 29 heavy (non-hydrogen) atoms. The Kier molecular flexibility index (Phi) is 6.14. The van der Waals surface area contributed by atoms with Crippen LogP contribution in [0.5, 0.6) is 0 Å². The topological polar surface area (TPSA) is 39.3 Å². The first kappa shape index (κ1) is 20.3. The van der Waals surface area contributed by atoms with E-state index >= 15 is 0 Å². The fraction of sp³-hybridized carbons (Fsp3) is 0.348. The molecule has 1 N–H and O–H groups in total. The zero-order valence-corrected chi connectivity index (χ0v) is 18.0. The molecule has 4 rings (SSSR count). The van der Waals surface area contributed by atoms with Crippen LogP contribution in [0.1, 0.15) is 30.4 Å². The standard InChI is InChI=1S/C23H25Cl2N3O/c1-2-27-9-11-28(12-10-27)23(29)14-19(16-3-5-17(24)6-4-16)21-15-26-22-8-7-18(25)13-20(21)22/h3-8,13,15,19,26H,2,9-12,14H2,1H3. The van der Waals surface area contributed by atoms with E-state index in [2.05, 4.69) is 16.8 Å². The van der Waals surface area contributed by atoms with Crippen LogP contribution in [-0.4, -0.2) is 53.4 Å². The van der Waals surface area contributed by atoms with Crippen molar-refractivity contribution in [3.05, 3.63) is 69.8 Å². The number of halogens is 2. The van der Waals surface area contributed by atoms with E-state index < -0.39 is 0 Å². The van der Waals surface area contributed by atoms with Crippen molar-refractivity contribution < 1.29 is 4.79 Å². The highest BCUT2D eigenvalue weighted by Gasteiger charge is 2.26. The summed E-state index contributed by atoms with van der Waals surface area (Å²) in [5.41, 5.74) is 3.19. The van der Waals surface area contributed by atoms with Crippen molar-refractivity contribution in [2.45, 2.75) is 19.3 Å². The van der Waals surface area contributed by atoms with Gasteiger partial charge in [0.05, 0.1) is 0 Å². The molecule has 0 radical (unpaired) electrons. The van der Waals surface area contributed by atoms with E-state index in [-0.39, 0.29) is 11.8 Å². The van der Waals surface area contributed by atoms with Gasteiger partial charge in [-0.05, 0) is 48.0 Å². The van der Waals surface area contributed by atoms with Crippen LogP contribution in [0, 0.1) is 0 Å². The Labute approximate surface area is 181 Å². The van der Waals surface area contributed by atoms with Crippen molar-refractivity contribution in [1.82, 2.24) is 14.8 Å². The third-order valence-corrected chi connectivity index (χ3v) is 6.36. The molecular formula is C23H25Cl2N3O. The number of amides is 1. The quantitative estimate of drug-likeness (QED) is 0.607. The minimum atomic E-state index is -0.0591. The number of benzene rings is 2. The molecule has 1 unspecified atom stereocenters. The highest BCUT2D eigenvalue weighted by Crippen LogP contribution is 2.35. The normalized spacial score (nSPS) is 16.3. The molecule has 2 heterocycles. The van der Waals surface area contributed by atoms with Gasteiger partial charge in [0, 0.05) is 65.7 Å². The number of fused-ring (bicyclic) bond motifs is 1. The minimum Gasteiger partial charge on any atom is -0.361 e. The molecular weight excluding hydrogens is 405 g/mol. The number of rotatable bonds is 5. The van der Waals surface area contributed by atoms with Gasteiger partial charge in [0.2, 0.25) is 5.91 Å². The zero-order valence-electron chi connectivity index (χ0n) is 16.5. The van der Waals surface area contributed by atoms with Gasteiger partial charge < -0.3 is 14.8 Å². The SMILES string of the molecule is CCN1CCN(C(=O)CC(c2ccc(Cl)cc2)c2c[nH]c3ccc(Cl)cc23)CC1. The van der Waals surface area contributed by atoms with Crippen LogP contribution in [0.4, 0.5) is 0 Å². The summed E-state index contributed by atoms with van der Waals surface area (Å²) < 4.78 is 0. The van der Waals surface area contributed by atoms with Crippen LogP contribution < -0.4 is 0 Å². The Balaban J connectivity index is 1.65. The van der Waals surface area contributed by atoms with Gasteiger partial charge in [-0.15, -0.1) is 0 Å². The maximum atomic E-state index is 13.2. The van der Waals surface area contributed by atoms with Crippen molar-refractivity contribution >= 4 is 40.0 Å². The van der Waals surface area contributed by atoms with E-state index in [0.29, 0.717) is 16.5 Å². The number of nitrogens with zero attached hydrogens (tertiary/aromatic N) is 2. The van der Waals surface area contributed by atoms with Crippen molar-refractivity contribution in [1.29, 1.82) is 0 Å². The predicted molar refractivity (Wildman–Crippen MR) is 120 cm³/mol. The number of aromatic amines is 1. The van der Waals surface area contributed by atoms with Crippen molar-refractivity contribution in [2.24, 2.45) is 0 Å². The monoisotopic (exact) mass is 429 g/mol. The molecule has 3 aromatic rings. The number of hydrogen-bond acceptors (Lipinski definition) is 2. The largest absolute Gasteiger partial charge is 0.361 e. The summed E-state index contributed by atoms with van der Waals surface area (Å²) in [6, 6.07) is 13.6. The fourth-order valence-electron chi connectivity index (χ4n) is 4.12. The third kappa shape index (κ3) is 4.45. The first-order valence-corrected chi connectivity index (χ1v) is 10.8. The maximum absolute atomic E-state index is 13.2. The van der Waals surface area contributed by atoms with E-state index in [9.17, 15) is 4.79 Å². The summed E-state index contributed by atoms with van der Waals surface area (Å²) in [6.07, 6.45) is 2.43. The average Bonchev–Trinajstić information content (AvgIpc) is 3.15. The molecule has 2 aromatic carbocycles. The maximum Gasteiger partial charge on any atom is 0.223 e. The second-order valence-corrected chi connectivity index (χ2v) is 8.43. The first-order chi connectivity index (χ1) is 14.0. The molecule has 6 heteroatoms. The van der Waals surface area contributed by atoms with Gasteiger partial charge in [-0.25, -0.2) is 0 Å². The molecule has 1 atom stereocenters. The number of likely N-dealkylation sites (N-methyl/N-ethyl adjacent to an activating group) is 1. The number of nitrogens with one attached hydrogen (secondary N) is 1. The lowest BCUT2D eigenvalue weighted by atomic mass is 9.87. The Hall–Kier alpha value is -2.01. The second-order valence-electron chi connectivity index (χ2n) is 7.56. The summed E-state index contributed by atoms with van der Waals surface area (Å²) >= 11 is 12.4. The number of H-pyrrole nitrogens is 1. The molecule has 152 valence electrons. The lowest BCUT2D eigenvalue weighted by molar-refractivity contribution is -0.133. The van der Waals surface area contributed by atoms with Crippen molar-refractivity contribution in [2.75, 3.05) is 32.7 Å². The molecule has 0 aliphatic carbocycles. The van der Waals surface area contributed by atoms with Gasteiger partial charge in [0.15, 0.2) is 0 Å². The minimum absolute atomic E-state index is 0.0591. The van der Waals surface area contributed by atoms with Crippen LogP contribution in [0.15, 0.2) is 48.7 Å². The van der Waals surface area contributed by atoms with Crippen LogP contribution >= 0.6 is 23.2 Å². The number of aromatic nitrogens is 1. The van der Waals surface area contributed by atoms with Gasteiger partial charge in [-0.1, -0.05) is 42.3 Å². The molecule has 1 aliphatic heterocycles. The van der Waals surface area contributed by atoms with Gasteiger partial charge in [-0.2, -0.15) is 0 Å². The molecule has 0 spiro atoms. The Morgan fingerprint density at radius 2 is 1.72 bits per heavy atom. The molecule has 1 aromatic heterocycles. The average molecular weight is 430 g/mol. The molecule has 1 aliphatic rings. The van der Waals surface area contributed by atoms with E-state index in [4.69, 9.17) is 23.2 Å². The Bertz CT molecular complexity index is 991. The van der Waals surface area contributed by atoms with E-state index in [1.54, 1.807) is 0 Å². The van der Waals surface area contributed by atoms with Crippen LogP contribution in [0.25, 0.3) is 10.9 Å². The van der Waals surface area contributed by atoms with Crippen LogP contribution in [-0.2, 0) is 4.79 Å². The van der Waals surface area contributed by atoms with Gasteiger partial charge >= 0.3 is 0 Å². The molecule has 0 saturated carbocycles. The highest BCUT2D eigenvalue weighted by atomic mass is 35.5. The molecule has 1 saturated heterocycles. The molecule has 4 nitrogen and oxygen atoms in total. The van der Waals surface area contributed by atoms with E-state index in [0.717, 1.165) is 54.8 Å². The number of carbonyl (C=O) groups excluding carboxylic acids is 1. The van der Waals surface area contributed by atoms with E-state index in [1.165, 1.54) is 0 Å². The third-order valence-electron chi connectivity index (χ3n) is 5.87. The molecule has 0 bridgehead atoms. The first-order valence-electron chi connectivity index (χ1n) is 10.1. The lowest BCUT2D eigenvalue weighted by Crippen LogP contribution is -2.48. The summed E-state index contributed by atoms with van der Waals surface area (Å²) in [4.78, 5) is 20.9. The summed E-state index contributed by atoms with van der Waals surface area (Å²) in [5.74, 6) is 0.133.